The summed E-state index contributed by atoms with van der Waals surface area (Å²) in [5.74, 6) is 0.998. The molecule has 0 aliphatic heterocycles. The lowest BCUT2D eigenvalue weighted by atomic mass is 9.74. The Labute approximate surface area is 141 Å². The molecule has 23 heavy (non-hydrogen) atoms. The fourth-order valence-corrected chi connectivity index (χ4v) is 3.05. The lowest BCUT2D eigenvalue weighted by molar-refractivity contribution is -0.137. The smallest absolute Gasteiger partial charge is 0.330 e. The van der Waals surface area contributed by atoms with Gasteiger partial charge >= 0.3 is 6.18 Å². The molecule has 0 amide bonds. The third-order valence-corrected chi connectivity index (χ3v) is 4.53. The first-order valence-corrected chi connectivity index (χ1v) is 7.80. The SMILES string of the molecule is FC(F)(F)c1ccc(Cl)c(NC(=S)N/N=C2\C[C@@H]3C=CC[C@@H]23)c1. The van der Waals surface area contributed by atoms with Gasteiger partial charge in [0.25, 0.3) is 0 Å². The fourth-order valence-electron chi connectivity index (χ4n) is 2.73. The number of anilines is 1. The summed E-state index contributed by atoms with van der Waals surface area (Å²) >= 11 is 11.0. The number of hydrogen-bond acceptors (Lipinski definition) is 2. The predicted octanol–water partition coefficient (Wildman–Crippen LogP) is 4.60. The highest BCUT2D eigenvalue weighted by Gasteiger charge is 2.38. The molecule has 2 aliphatic carbocycles. The van der Waals surface area contributed by atoms with Gasteiger partial charge in [0.1, 0.15) is 0 Å². The first kappa shape index (κ1) is 16.3. The summed E-state index contributed by atoms with van der Waals surface area (Å²) < 4.78 is 38.2. The van der Waals surface area contributed by atoms with E-state index in [1.807, 2.05) is 0 Å². The predicted molar refractivity (Wildman–Crippen MR) is 88.6 cm³/mol. The van der Waals surface area contributed by atoms with Gasteiger partial charge in [-0.25, -0.2) is 0 Å². The molecule has 1 saturated carbocycles. The Morgan fingerprint density at radius 2 is 2.13 bits per heavy atom. The van der Waals surface area contributed by atoms with Crippen molar-refractivity contribution in [2.24, 2.45) is 16.9 Å². The first-order chi connectivity index (χ1) is 10.8. The van der Waals surface area contributed by atoms with Crippen molar-refractivity contribution in [2.45, 2.75) is 19.0 Å². The minimum Gasteiger partial charge on any atom is -0.330 e. The molecule has 3 rings (SSSR count). The third-order valence-electron chi connectivity index (χ3n) is 4.01. The number of alkyl halides is 3. The average molecular weight is 360 g/mol. The maximum Gasteiger partial charge on any atom is 0.416 e. The van der Waals surface area contributed by atoms with Crippen LogP contribution in [0, 0.1) is 11.8 Å². The van der Waals surface area contributed by atoms with E-state index in [-0.39, 0.29) is 15.8 Å². The van der Waals surface area contributed by atoms with Crippen LogP contribution in [0.15, 0.2) is 35.5 Å². The van der Waals surface area contributed by atoms with Crippen molar-refractivity contribution in [3.63, 3.8) is 0 Å². The number of thiocarbonyl (C=S) groups is 1. The Hall–Kier alpha value is -1.60. The van der Waals surface area contributed by atoms with Crippen LogP contribution in [0.5, 0.6) is 0 Å². The van der Waals surface area contributed by atoms with Crippen molar-refractivity contribution in [2.75, 3.05) is 5.32 Å². The Morgan fingerprint density at radius 1 is 1.35 bits per heavy atom. The number of nitrogens with one attached hydrogen (secondary N) is 2. The number of allylic oxidation sites excluding steroid dienone is 2. The van der Waals surface area contributed by atoms with E-state index in [1.54, 1.807) is 0 Å². The third kappa shape index (κ3) is 3.50. The Balaban J connectivity index is 1.63. The van der Waals surface area contributed by atoms with Gasteiger partial charge in [0.05, 0.1) is 16.3 Å². The maximum absolute atomic E-state index is 12.7. The molecule has 0 heterocycles. The van der Waals surface area contributed by atoms with Crippen molar-refractivity contribution in [3.05, 3.63) is 40.9 Å². The number of fused-ring (bicyclic) bond motifs is 1. The van der Waals surface area contributed by atoms with Gasteiger partial charge in [-0.05, 0) is 49.2 Å². The molecular weight excluding hydrogens is 347 g/mol. The largest absolute Gasteiger partial charge is 0.416 e. The van der Waals surface area contributed by atoms with E-state index in [4.69, 9.17) is 23.8 Å². The number of rotatable bonds is 2. The number of hydrogen-bond donors (Lipinski definition) is 2. The van der Waals surface area contributed by atoms with Crippen LogP contribution in [-0.4, -0.2) is 10.8 Å². The molecule has 0 bridgehead atoms. The molecule has 122 valence electrons. The summed E-state index contributed by atoms with van der Waals surface area (Å²) in [5.41, 5.74) is 3.00. The Morgan fingerprint density at radius 3 is 2.83 bits per heavy atom. The van der Waals surface area contributed by atoms with E-state index < -0.39 is 11.7 Å². The summed E-state index contributed by atoms with van der Waals surface area (Å²) in [5, 5.41) is 7.13. The van der Waals surface area contributed by atoms with Crippen LogP contribution in [0.1, 0.15) is 18.4 Å². The van der Waals surface area contributed by atoms with Crippen molar-refractivity contribution in [1.82, 2.24) is 5.43 Å². The minimum absolute atomic E-state index is 0.0909. The molecule has 3 nitrogen and oxygen atoms in total. The lowest BCUT2D eigenvalue weighted by Gasteiger charge is -2.31. The lowest BCUT2D eigenvalue weighted by Crippen LogP contribution is -2.36. The molecule has 0 spiro atoms. The number of halogens is 4. The van der Waals surface area contributed by atoms with Crippen molar-refractivity contribution < 1.29 is 13.2 Å². The van der Waals surface area contributed by atoms with E-state index >= 15 is 0 Å². The molecule has 8 heteroatoms. The van der Waals surface area contributed by atoms with Gasteiger partial charge in [-0.15, -0.1) is 0 Å². The highest BCUT2D eigenvalue weighted by Crippen LogP contribution is 2.40. The number of nitrogens with zero attached hydrogens (tertiary/aromatic N) is 1. The van der Waals surface area contributed by atoms with Crippen molar-refractivity contribution in [1.29, 1.82) is 0 Å². The molecule has 0 unspecified atom stereocenters. The van der Waals surface area contributed by atoms with Crippen LogP contribution in [0.3, 0.4) is 0 Å². The molecular formula is C15H13ClF3N3S. The average Bonchev–Trinajstić information content (AvgIpc) is 2.82. The zero-order valence-corrected chi connectivity index (χ0v) is 13.4. The van der Waals surface area contributed by atoms with Gasteiger partial charge < -0.3 is 5.32 Å². The van der Waals surface area contributed by atoms with Crippen molar-refractivity contribution in [3.8, 4) is 0 Å². The van der Waals surface area contributed by atoms with E-state index in [9.17, 15) is 13.2 Å². The van der Waals surface area contributed by atoms with Gasteiger partial charge in [-0.3, -0.25) is 5.43 Å². The number of benzene rings is 1. The van der Waals surface area contributed by atoms with E-state index in [0.717, 1.165) is 30.7 Å². The highest BCUT2D eigenvalue weighted by atomic mass is 35.5. The topological polar surface area (TPSA) is 36.4 Å². The van der Waals surface area contributed by atoms with Crippen molar-refractivity contribution >= 4 is 40.3 Å². The summed E-state index contributed by atoms with van der Waals surface area (Å²) in [6.07, 6.45) is 1.75. The summed E-state index contributed by atoms with van der Waals surface area (Å²) in [6.45, 7) is 0. The van der Waals surface area contributed by atoms with Crippen LogP contribution >= 0.6 is 23.8 Å². The highest BCUT2D eigenvalue weighted by molar-refractivity contribution is 7.80. The normalized spacial score (nSPS) is 24.3. The first-order valence-electron chi connectivity index (χ1n) is 7.01. The summed E-state index contributed by atoms with van der Waals surface area (Å²) in [4.78, 5) is 0. The molecule has 2 atom stereocenters. The summed E-state index contributed by atoms with van der Waals surface area (Å²) in [6, 6.07) is 3.03. The molecule has 1 aromatic carbocycles. The quantitative estimate of drug-likeness (QED) is 0.460. The molecule has 0 aromatic heterocycles. The van der Waals surface area contributed by atoms with E-state index in [2.05, 4.69) is 28.0 Å². The second kappa shape index (κ2) is 6.13. The van der Waals surface area contributed by atoms with Crippen LogP contribution in [0.2, 0.25) is 5.02 Å². The molecule has 0 saturated heterocycles. The van der Waals surface area contributed by atoms with Gasteiger partial charge in [0, 0.05) is 11.6 Å². The standard InChI is InChI=1S/C15H13ClF3N3S/c16-11-5-4-9(15(17,18)19)7-13(11)20-14(23)22-21-12-6-8-2-1-3-10(8)12/h1-2,4-5,7-8,10H,3,6H2,(H2,20,22,23)/b21-12+/t8-,10+/m0/s1. The van der Waals surface area contributed by atoms with Gasteiger partial charge in [-0.2, -0.15) is 18.3 Å². The zero-order chi connectivity index (χ0) is 16.6. The Bertz CT molecular complexity index is 700. The van der Waals surface area contributed by atoms with Gasteiger partial charge in [0.2, 0.25) is 0 Å². The molecule has 1 aromatic rings. The molecule has 1 fully saturated rings. The van der Waals surface area contributed by atoms with E-state index in [1.165, 1.54) is 6.07 Å². The van der Waals surface area contributed by atoms with Crippen LogP contribution in [-0.2, 0) is 6.18 Å². The van der Waals surface area contributed by atoms with Gasteiger partial charge in [0.15, 0.2) is 5.11 Å². The fraction of sp³-hybridized carbons (Fsp3) is 0.333. The monoisotopic (exact) mass is 359 g/mol. The second-order valence-corrected chi connectivity index (χ2v) is 6.32. The Kier molecular flexibility index (Phi) is 4.33. The molecule has 0 radical (unpaired) electrons. The van der Waals surface area contributed by atoms with Gasteiger partial charge in [-0.1, -0.05) is 23.8 Å². The van der Waals surface area contributed by atoms with Crippen LogP contribution in [0.25, 0.3) is 0 Å². The second-order valence-electron chi connectivity index (χ2n) is 5.50. The van der Waals surface area contributed by atoms with Crippen LogP contribution in [0.4, 0.5) is 18.9 Å². The zero-order valence-electron chi connectivity index (χ0n) is 11.8. The van der Waals surface area contributed by atoms with Crippen LogP contribution < -0.4 is 10.7 Å². The minimum atomic E-state index is -4.44. The molecule has 2 aliphatic rings. The summed E-state index contributed by atoms with van der Waals surface area (Å²) in [7, 11) is 0. The van der Waals surface area contributed by atoms with E-state index in [0.29, 0.717) is 11.8 Å². The molecule has 2 N–H and O–H groups in total. The maximum atomic E-state index is 12.7. The number of hydrazone groups is 1.